The Morgan fingerprint density at radius 1 is 1.59 bits per heavy atom. The zero-order chi connectivity index (χ0) is 12.6. The number of carbonyl (C=O) groups excluding carboxylic acids is 1. The molecule has 0 N–H and O–H groups in total. The van der Waals surface area contributed by atoms with Crippen LogP contribution < -0.4 is 0 Å². The summed E-state index contributed by atoms with van der Waals surface area (Å²) >= 11 is 7.31. The van der Waals surface area contributed by atoms with Gasteiger partial charge in [0.05, 0.1) is 0 Å². The summed E-state index contributed by atoms with van der Waals surface area (Å²) < 4.78 is 0. The summed E-state index contributed by atoms with van der Waals surface area (Å²) in [5.41, 5.74) is 2.37. The molecular formula is C14H19ClOS. The predicted molar refractivity (Wildman–Crippen MR) is 74.1 cm³/mol. The Kier molecular flexibility index (Phi) is 3.65. The molecular weight excluding hydrogens is 252 g/mol. The average molecular weight is 271 g/mol. The Bertz CT molecular complexity index is 433. The van der Waals surface area contributed by atoms with Gasteiger partial charge in [-0.1, -0.05) is 27.2 Å². The molecule has 3 heteroatoms. The van der Waals surface area contributed by atoms with E-state index in [1.807, 2.05) is 5.38 Å². The number of thiophene rings is 1. The van der Waals surface area contributed by atoms with Crippen LogP contribution >= 0.6 is 22.9 Å². The lowest BCUT2D eigenvalue weighted by molar-refractivity contribution is 0.108. The Morgan fingerprint density at radius 3 is 2.88 bits per heavy atom. The van der Waals surface area contributed by atoms with Gasteiger partial charge in [-0.15, -0.1) is 11.3 Å². The van der Waals surface area contributed by atoms with Crippen molar-refractivity contribution < 1.29 is 4.79 Å². The fourth-order valence-electron chi connectivity index (χ4n) is 2.63. The standard InChI is InChI=1S/C14H19ClOS/c1-4-14(2,3)9-5-6-10-11(13(15)16)8-17-12(10)7-9/h8-9H,4-7H2,1-3H3. The summed E-state index contributed by atoms with van der Waals surface area (Å²) in [7, 11) is 0. The molecule has 1 atom stereocenters. The van der Waals surface area contributed by atoms with Crippen LogP contribution in [-0.2, 0) is 12.8 Å². The molecule has 2 rings (SSSR count). The Hall–Kier alpha value is -0.340. The van der Waals surface area contributed by atoms with Crippen LogP contribution in [0, 0.1) is 11.3 Å². The van der Waals surface area contributed by atoms with Crippen LogP contribution in [0.4, 0.5) is 0 Å². The van der Waals surface area contributed by atoms with Gasteiger partial charge in [0.15, 0.2) is 0 Å². The van der Waals surface area contributed by atoms with Gasteiger partial charge >= 0.3 is 0 Å². The fraction of sp³-hybridized carbons (Fsp3) is 0.643. The predicted octanol–water partition coefficient (Wildman–Crippen LogP) is 4.67. The van der Waals surface area contributed by atoms with Crippen molar-refractivity contribution in [3.05, 3.63) is 21.4 Å². The molecule has 17 heavy (non-hydrogen) atoms. The first-order valence-electron chi connectivity index (χ1n) is 6.24. The molecule has 1 aliphatic rings. The molecule has 1 aliphatic carbocycles. The van der Waals surface area contributed by atoms with Gasteiger partial charge in [-0.3, -0.25) is 4.79 Å². The zero-order valence-corrected chi connectivity index (χ0v) is 12.3. The second kappa shape index (κ2) is 4.74. The van der Waals surface area contributed by atoms with E-state index in [0.29, 0.717) is 5.41 Å². The maximum Gasteiger partial charge on any atom is 0.253 e. The summed E-state index contributed by atoms with van der Waals surface area (Å²) in [4.78, 5) is 12.7. The van der Waals surface area contributed by atoms with E-state index >= 15 is 0 Å². The monoisotopic (exact) mass is 270 g/mol. The van der Waals surface area contributed by atoms with Crippen molar-refractivity contribution in [3.63, 3.8) is 0 Å². The summed E-state index contributed by atoms with van der Waals surface area (Å²) in [6.07, 6.45) is 4.52. The smallest absolute Gasteiger partial charge is 0.253 e. The minimum Gasteiger partial charge on any atom is -0.276 e. The van der Waals surface area contributed by atoms with Crippen molar-refractivity contribution in [2.24, 2.45) is 11.3 Å². The molecule has 0 spiro atoms. The van der Waals surface area contributed by atoms with Crippen LogP contribution in [0.25, 0.3) is 0 Å². The molecule has 1 unspecified atom stereocenters. The molecule has 0 aromatic carbocycles. The van der Waals surface area contributed by atoms with Gasteiger partial charge in [0, 0.05) is 15.8 Å². The second-order valence-electron chi connectivity index (χ2n) is 5.61. The van der Waals surface area contributed by atoms with E-state index in [-0.39, 0.29) is 5.24 Å². The molecule has 0 amide bonds. The number of rotatable bonds is 3. The average Bonchev–Trinajstić information content (AvgIpc) is 2.71. The number of halogens is 1. The molecule has 0 fully saturated rings. The van der Waals surface area contributed by atoms with E-state index in [1.165, 1.54) is 23.3 Å². The molecule has 1 aromatic heterocycles. The van der Waals surface area contributed by atoms with E-state index in [1.54, 1.807) is 11.3 Å². The molecule has 0 saturated heterocycles. The van der Waals surface area contributed by atoms with Crippen molar-refractivity contribution in [3.8, 4) is 0 Å². The van der Waals surface area contributed by atoms with Gasteiger partial charge in [-0.05, 0) is 47.8 Å². The van der Waals surface area contributed by atoms with Gasteiger partial charge < -0.3 is 0 Å². The molecule has 1 aromatic rings. The van der Waals surface area contributed by atoms with Gasteiger partial charge in [0.1, 0.15) is 0 Å². The number of fused-ring (bicyclic) bond motifs is 1. The normalized spacial score (nSPS) is 20.1. The van der Waals surface area contributed by atoms with Crippen LogP contribution in [0.2, 0.25) is 0 Å². The largest absolute Gasteiger partial charge is 0.276 e. The van der Waals surface area contributed by atoms with E-state index in [9.17, 15) is 4.79 Å². The molecule has 1 nitrogen and oxygen atoms in total. The maximum absolute atomic E-state index is 11.3. The minimum absolute atomic E-state index is 0.296. The topological polar surface area (TPSA) is 17.1 Å². The van der Waals surface area contributed by atoms with Crippen molar-refractivity contribution in [2.45, 2.75) is 46.5 Å². The third kappa shape index (κ3) is 2.43. The number of hydrogen-bond acceptors (Lipinski definition) is 2. The minimum atomic E-state index is -0.296. The lowest BCUT2D eigenvalue weighted by Crippen LogP contribution is -2.28. The molecule has 0 bridgehead atoms. The SMILES string of the molecule is CCC(C)(C)C1CCc2c(C(=O)Cl)csc2C1. The van der Waals surface area contributed by atoms with Crippen LogP contribution in [-0.4, -0.2) is 5.24 Å². The van der Waals surface area contributed by atoms with Crippen LogP contribution in [0.3, 0.4) is 0 Å². The highest BCUT2D eigenvalue weighted by atomic mass is 35.5. The van der Waals surface area contributed by atoms with Crippen molar-refractivity contribution in [2.75, 3.05) is 0 Å². The summed E-state index contributed by atoms with van der Waals surface area (Å²) in [6.45, 7) is 6.96. The van der Waals surface area contributed by atoms with Crippen LogP contribution in [0.5, 0.6) is 0 Å². The fourth-order valence-corrected chi connectivity index (χ4v) is 4.03. The van der Waals surface area contributed by atoms with E-state index in [4.69, 9.17) is 11.6 Å². The molecule has 1 heterocycles. The van der Waals surface area contributed by atoms with E-state index in [2.05, 4.69) is 20.8 Å². The lowest BCUT2D eigenvalue weighted by atomic mass is 9.70. The lowest BCUT2D eigenvalue weighted by Gasteiger charge is -2.36. The van der Waals surface area contributed by atoms with Crippen molar-refractivity contribution in [1.82, 2.24) is 0 Å². The zero-order valence-electron chi connectivity index (χ0n) is 10.7. The van der Waals surface area contributed by atoms with Crippen LogP contribution in [0.15, 0.2) is 5.38 Å². The molecule has 94 valence electrons. The third-order valence-corrected chi connectivity index (χ3v) is 5.64. The van der Waals surface area contributed by atoms with Gasteiger partial charge in [-0.2, -0.15) is 0 Å². The van der Waals surface area contributed by atoms with Gasteiger partial charge in [0.25, 0.3) is 5.24 Å². The highest BCUT2D eigenvalue weighted by Gasteiger charge is 2.33. The molecule has 0 radical (unpaired) electrons. The maximum atomic E-state index is 11.3. The first-order valence-corrected chi connectivity index (χ1v) is 7.50. The Morgan fingerprint density at radius 2 is 2.29 bits per heavy atom. The Balaban J connectivity index is 2.24. The first kappa shape index (κ1) is 13.1. The van der Waals surface area contributed by atoms with Gasteiger partial charge in [0.2, 0.25) is 0 Å². The van der Waals surface area contributed by atoms with Crippen molar-refractivity contribution >= 4 is 28.2 Å². The van der Waals surface area contributed by atoms with Gasteiger partial charge in [-0.25, -0.2) is 0 Å². The summed E-state index contributed by atoms with van der Waals surface area (Å²) in [5.74, 6) is 0.733. The van der Waals surface area contributed by atoms with E-state index < -0.39 is 0 Å². The highest BCUT2D eigenvalue weighted by Crippen LogP contribution is 2.42. The number of hydrogen-bond donors (Lipinski definition) is 0. The highest BCUT2D eigenvalue weighted by molar-refractivity contribution is 7.10. The number of carbonyl (C=O) groups is 1. The Labute approximate surface area is 112 Å². The quantitative estimate of drug-likeness (QED) is 0.730. The van der Waals surface area contributed by atoms with Crippen molar-refractivity contribution in [1.29, 1.82) is 0 Å². The molecule has 0 saturated carbocycles. The van der Waals surface area contributed by atoms with E-state index in [0.717, 1.165) is 24.3 Å². The summed E-state index contributed by atoms with van der Waals surface area (Å²) in [6, 6.07) is 0. The summed E-state index contributed by atoms with van der Waals surface area (Å²) in [5, 5.41) is 1.64. The van der Waals surface area contributed by atoms with Crippen LogP contribution in [0.1, 0.15) is 54.4 Å². The second-order valence-corrected chi connectivity index (χ2v) is 6.91. The third-order valence-electron chi connectivity index (χ3n) is 4.38. The molecule has 0 aliphatic heterocycles. The first-order chi connectivity index (χ1) is 7.95.